The molecule has 7 nitrogen and oxygen atoms in total. The van der Waals surface area contributed by atoms with Crippen LogP contribution in [0.3, 0.4) is 0 Å². The lowest BCUT2D eigenvalue weighted by molar-refractivity contribution is 0.0696. The Hall–Kier alpha value is -2.87. The minimum atomic E-state index is -4.05. The molecule has 0 fully saturated rings. The van der Waals surface area contributed by atoms with Crippen molar-refractivity contribution in [1.29, 1.82) is 0 Å². The Morgan fingerprint density at radius 1 is 0.926 bits per heavy atom. The summed E-state index contributed by atoms with van der Waals surface area (Å²) in [6, 6.07) is 8.24. The molecule has 0 radical (unpaired) electrons. The number of carboxylic acid groups (broad SMARTS) is 2. The molecule has 0 saturated heterocycles. The number of rotatable bonds is 5. The van der Waals surface area contributed by atoms with Crippen molar-refractivity contribution in [2.75, 3.05) is 4.72 Å². The molecule has 0 bridgehead atoms. The fraction of sp³-hybridized carbons (Fsp3) is 0.263. The number of aromatic carboxylic acids is 2. The molecule has 144 valence electrons. The maximum Gasteiger partial charge on any atom is 0.335 e. The van der Waals surface area contributed by atoms with Crippen molar-refractivity contribution in [3.05, 3.63) is 58.7 Å². The normalized spacial score (nSPS) is 11.9. The molecule has 2 rings (SSSR count). The van der Waals surface area contributed by atoms with Crippen molar-refractivity contribution in [3.63, 3.8) is 0 Å². The third kappa shape index (κ3) is 4.65. The van der Waals surface area contributed by atoms with Gasteiger partial charge >= 0.3 is 11.9 Å². The van der Waals surface area contributed by atoms with Crippen LogP contribution < -0.4 is 4.72 Å². The van der Waals surface area contributed by atoms with Gasteiger partial charge in [-0.25, -0.2) is 18.0 Å². The summed E-state index contributed by atoms with van der Waals surface area (Å²) >= 11 is 0. The first kappa shape index (κ1) is 20.4. The standard InChI is InChI=1S/C19H21NO6S/c1-11-5-6-14(19(2,3)4)10-16(11)27(25,26)20-15-8-12(17(21)22)7-13(9-15)18(23)24/h5-10,20H,1-4H3,(H,21,22)(H,23,24). The summed E-state index contributed by atoms with van der Waals surface area (Å²) in [5, 5.41) is 18.3. The van der Waals surface area contributed by atoms with E-state index in [1.807, 2.05) is 26.8 Å². The van der Waals surface area contributed by atoms with Crippen molar-refractivity contribution < 1.29 is 28.2 Å². The highest BCUT2D eigenvalue weighted by molar-refractivity contribution is 7.92. The van der Waals surface area contributed by atoms with Gasteiger partial charge in [0.15, 0.2) is 0 Å². The number of anilines is 1. The molecular weight excluding hydrogens is 370 g/mol. The fourth-order valence-corrected chi connectivity index (χ4v) is 3.81. The molecule has 0 atom stereocenters. The van der Waals surface area contributed by atoms with Crippen molar-refractivity contribution >= 4 is 27.6 Å². The molecule has 0 heterocycles. The third-order valence-corrected chi connectivity index (χ3v) is 5.55. The average molecular weight is 391 g/mol. The summed E-state index contributed by atoms with van der Waals surface area (Å²) in [5.74, 6) is -2.71. The van der Waals surface area contributed by atoms with Crippen molar-refractivity contribution in [1.82, 2.24) is 0 Å². The second kappa shape index (κ2) is 7.03. The number of hydrogen-bond acceptors (Lipinski definition) is 4. The van der Waals surface area contributed by atoms with E-state index in [-0.39, 0.29) is 27.1 Å². The molecule has 2 aromatic rings. The zero-order valence-electron chi connectivity index (χ0n) is 15.4. The van der Waals surface area contributed by atoms with Gasteiger partial charge in [-0.15, -0.1) is 0 Å². The second-order valence-electron chi connectivity index (χ2n) is 7.25. The molecule has 0 aliphatic carbocycles. The van der Waals surface area contributed by atoms with E-state index in [0.717, 1.165) is 23.8 Å². The van der Waals surface area contributed by atoms with Crippen LogP contribution in [-0.4, -0.2) is 30.6 Å². The van der Waals surface area contributed by atoms with Gasteiger partial charge in [0.2, 0.25) is 0 Å². The van der Waals surface area contributed by atoms with Crippen molar-refractivity contribution in [2.24, 2.45) is 0 Å². The molecular formula is C19H21NO6S. The Morgan fingerprint density at radius 3 is 1.89 bits per heavy atom. The molecule has 8 heteroatoms. The highest BCUT2D eigenvalue weighted by atomic mass is 32.2. The van der Waals surface area contributed by atoms with Crippen molar-refractivity contribution in [2.45, 2.75) is 38.0 Å². The topological polar surface area (TPSA) is 121 Å². The number of nitrogens with one attached hydrogen (secondary N) is 1. The summed E-state index contributed by atoms with van der Waals surface area (Å²) in [4.78, 5) is 22.5. The maximum atomic E-state index is 12.9. The summed E-state index contributed by atoms with van der Waals surface area (Å²) in [6.45, 7) is 7.52. The van der Waals surface area contributed by atoms with Crippen LogP contribution in [0.15, 0.2) is 41.3 Å². The molecule has 2 aromatic carbocycles. The largest absolute Gasteiger partial charge is 0.478 e. The molecule has 0 unspecified atom stereocenters. The van der Waals surface area contributed by atoms with Gasteiger partial charge in [-0.1, -0.05) is 32.9 Å². The van der Waals surface area contributed by atoms with Crippen LogP contribution in [0.4, 0.5) is 5.69 Å². The lowest BCUT2D eigenvalue weighted by Crippen LogP contribution is -2.18. The molecule has 0 aliphatic heterocycles. The van der Waals surface area contributed by atoms with Crippen LogP contribution in [0.1, 0.15) is 52.6 Å². The van der Waals surface area contributed by atoms with Gasteiger partial charge in [-0.05, 0) is 47.7 Å². The van der Waals surface area contributed by atoms with E-state index in [1.54, 1.807) is 19.1 Å². The van der Waals surface area contributed by atoms with Gasteiger partial charge in [0, 0.05) is 0 Å². The maximum absolute atomic E-state index is 12.9. The Morgan fingerprint density at radius 2 is 1.44 bits per heavy atom. The average Bonchev–Trinajstić information content (AvgIpc) is 2.53. The van der Waals surface area contributed by atoms with E-state index in [2.05, 4.69) is 4.72 Å². The number of hydrogen-bond donors (Lipinski definition) is 3. The zero-order valence-corrected chi connectivity index (χ0v) is 16.2. The van der Waals surface area contributed by atoms with Crippen LogP contribution in [0.25, 0.3) is 0 Å². The molecule has 0 aliphatic rings. The summed E-state index contributed by atoms with van der Waals surface area (Å²) in [6.07, 6.45) is 0. The van der Waals surface area contributed by atoms with Gasteiger partial charge in [0.25, 0.3) is 10.0 Å². The Kier molecular flexibility index (Phi) is 5.33. The van der Waals surface area contributed by atoms with E-state index in [0.29, 0.717) is 5.56 Å². The minimum Gasteiger partial charge on any atom is -0.478 e. The van der Waals surface area contributed by atoms with Crippen LogP contribution in [0, 0.1) is 6.92 Å². The van der Waals surface area contributed by atoms with Gasteiger partial charge < -0.3 is 10.2 Å². The Labute approximate surface area is 157 Å². The summed E-state index contributed by atoms with van der Waals surface area (Å²) < 4.78 is 28.0. The van der Waals surface area contributed by atoms with Crippen LogP contribution in [0.5, 0.6) is 0 Å². The first-order chi connectivity index (χ1) is 12.3. The van der Waals surface area contributed by atoms with Gasteiger partial charge in [0.05, 0.1) is 21.7 Å². The van der Waals surface area contributed by atoms with Crippen LogP contribution in [0.2, 0.25) is 0 Å². The lowest BCUT2D eigenvalue weighted by Gasteiger charge is -2.21. The fourth-order valence-electron chi connectivity index (χ4n) is 2.50. The van der Waals surface area contributed by atoms with Gasteiger partial charge in [-0.3, -0.25) is 4.72 Å². The second-order valence-corrected chi connectivity index (χ2v) is 8.90. The van der Waals surface area contributed by atoms with Crippen LogP contribution >= 0.6 is 0 Å². The highest BCUT2D eigenvalue weighted by Crippen LogP contribution is 2.28. The first-order valence-electron chi connectivity index (χ1n) is 8.07. The molecule has 0 aromatic heterocycles. The molecule has 0 amide bonds. The number of aryl methyl sites for hydroxylation is 1. The monoisotopic (exact) mass is 391 g/mol. The molecule has 0 saturated carbocycles. The molecule has 27 heavy (non-hydrogen) atoms. The summed E-state index contributed by atoms with van der Waals surface area (Å²) in [5.41, 5.74) is 0.285. The quantitative estimate of drug-likeness (QED) is 0.717. The Bertz CT molecular complexity index is 987. The van der Waals surface area contributed by atoms with E-state index in [1.165, 1.54) is 0 Å². The summed E-state index contributed by atoms with van der Waals surface area (Å²) in [7, 11) is -4.05. The van der Waals surface area contributed by atoms with E-state index >= 15 is 0 Å². The number of sulfonamides is 1. The van der Waals surface area contributed by atoms with E-state index < -0.39 is 22.0 Å². The smallest absolute Gasteiger partial charge is 0.335 e. The van der Waals surface area contributed by atoms with Gasteiger partial charge in [0.1, 0.15) is 0 Å². The molecule has 3 N–H and O–H groups in total. The van der Waals surface area contributed by atoms with E-state index in [4.69, 9.17) is 10.2 Å². The molecule has 0 spiro atoms. The lowest BCUT2D eigenvalue weighted by atomic mass is 9.87. The third-order valence-electron chi connectivity index (χ3n) is 4.02. The zero-order chi connectivity index (χ0) is 20.6. The predicted octanol–water partition coefficient (Wildman–Crippen LogP) is 3.49. The number of carbonyl (C=O) groups is 2. The predicted molar refractivity (Wildman–Crippen MR) is 101 cm³/mol. The van der Waals surface area contributed by atoms with E-state index in [9.17, 15) is 18.0 Å². The SMILES string of the molecule is Cc1ccc(C(C)(C)C)cc1S(=O)(=O)Nc1cc(C(=O)O)cc(C(=O)O)c1. The number of benzene rings is 2. The number of carboxylic acids is 2. The Balaban J connectivity index is 2.54. The van der Waals surface area contributed by atoms with Crippen LogP contribution in [-0.2, 0) is 15.4 Å². The van der Waals surface area contributed by atoms with Gasteiger partial charge in [-0.2, -0.15) is 0 Å². The minimum absolute atomic E-state index is 0.0486. The first-order valence-corrected chi connectivity index (χ1v) is 9.55. The van der Waals surface area contributed by atoms with Crippen molar-refractivity contribution in [3.8, 4) is 0 Å². The highest BCUT2D eigenvalue weighted by Gasteiger charge is 2.22.